The Labute approximate surface area is 114 Å². The molecular weight excluding hydrogens is 248 g/mol. The van der Waals surface area contributed by atoms with Gasteiger partial charge in [0, 0.05) is 13.6 Å². The molecule has 0 aliphatic carbocycles. The van der Waals surface area contributed by atoms with Crippen LogP contribution < -0.4 is 5.32 Å². The number of hydrogen-bond acceptors (Lipinski definition) is 3. The minimum absolute atomic E-state index is 0.714. The summed E-state index contributed by atoms with van der Waals surface area (Å²) in [5.74, 6) is 1.83. The number of piperidine rings is 1. The molecule has 4 nitrogen and oxygen atoms in total. The van der Waals surface area contributed by atoms with E-state index in [1.807, 2.05) is 11.6 Å². The number of nitrogens with zero attached hydrogens (tertiary/aromatic N) is 3. The third kappa shape index (κ3) is 3.46. The summed E-state index contributed by atoms with van der Waals surface area (Å²) < 4.78 is 1.97. The van der Waals surface area contributed by atoms with Gasteiger partial charge in [0.1, 0.15) is 11.0 Å². The molecule has 0 bridgehead atoms. The summed E-state index contributed by atoms with van der Waals surface area (Å²) in [6, 6.07) is 0. The number of nitrogens with one attached hydrogen (secondary N) is 1. The van der Waals surface area contributed by atoms with Crippen molar-refractivity contribution in [1.82, 2.24) is 19.8 Å². The standard InChI is InChI=1S/C13H23ClN4/c1-3-15-7-11-5-4-6-18(9-11)10-13-16-8-12(14)17(13)2/h8,11,15H,3-7,9-10H2,1-2H3. The maximum atomic E-state index is 6.02. The van der Waals surface area contributed by atoms with Crippen molar-refractivity contribution in [3.63, 3.8) is 0 Å². The average Bonchev–Trinajstić information content (AvgIpc) is 2.69. The third-order valence-corrected chi connectivity index (χ3v) is 4.03. The zero-order valence-electron chi connectivity index (χ0n) is 11.3. The van der Waals surface area contributed by atoms with E-state index >= 15 is 0 Å². The number of halogens is 1. The molecule has 2 rings (SSSR count). The number of likely N-dealkylation sites (tertiary alicyclic amines) is 1. The fourth-order valence-corrected chi connectivity index (χ4v) is 2.73. The van der Waals surface area contributed by atoms with Gasteiger partial charge in [-0.3, -0.25) is 4.90 Å². The Bertz CT molecular complexity index is 377. The lowest BCUT2D eigenvalue weighted by molar-refractivity contribution is 0.161. The van der Waals surface area contributed by atoms with Gasteiger partial charge in [-0.05, 0) is 38.4 Å². The van der Waals surface area contributed by atoms with Crippen molar-refractivity contribution in [3.8, 4) is 0 Å². The first-order chi connectivity index (χ1) is 8.70. The summed E-state index contributed by atoms with van der Waals surface area (Å²) in [7, 11) is 1.98. The molecule has 2 heterocycles. The van der Waals surface area contributed by atoms with Crippen LogP contribution >= 0.6 is 11.6 Å². The van der Waals surface area contributed by atoms with Gasteiger partial charge in [0.2, 0.25) is 0 Å². The minimum Gasteiger partial charge on any atom is -0.321 e. The van der Waals surface area contributed by atoms with Gasteiger partial charge >= 0.3 is 0 Å². The Balaban J connectivity index is 1.87. The van der Waals surface area contributed by atoms with Crippen LogP contribution in [0, 0.1) is 5.92 Å². The average molecular weight is 271 g/mol. The Morgan fingerprint density at radius 2 is 2.39 bits per heavy atom. The van der Waals surface area contributed by atoms with Gasteiger partial charge in [-0.2, -0.15) is 0 Å². The molecule has 0 saturated carbocycles. The molecule has 1 unspecified atom stereocenters. The van der Waals surface area contributed by atoms with Crippen LogP contribution in [0.5, 0.6) is 0 Å². The van der Waals surface area contributed by atoms with Crippen molar-refractivity contribution in [2.75, 3.05) is 26.2 Å². The van der Waals surface area contributed by atoms with Gasteiger partial charge in [0.15, 0.2) is 0 Å². The molecule has 1 aromatic heterocycles. The van der Waals surface area contributed by atoms with E-state index in [4.69, 9.17) is 11.6 Å². The number of imidazole rings is 1. The lowest BCUT2D eigenvalue weighted by Crippen LogP contribution is -2.39. The smallest absolute Gasteiger partial charge is 0.128 e. The summed E-state index contributed by atoms with van der Waals surface area (Å²) in [5.41, 5.74) is 0. The van der Waals surface area contributed by atoms with Crippen LogP contribution in [0.3, 0.4) is 0 Å². The van der Waals surface area contributed by atoms with Gasteiger partial charge in [-0.1, -0.05) is 18.5 Å². The van der Waals surface area contributed by atoms with E-state index in [1.54, 1.807) is 6.20 Å². The molecule has 1 saturated heterocycles. The zero-order chi connectivity index (χ0) is 13.0. The topological polar surface area (TPSA) is 33.1 Å². The molecule has 0 spiro atoms. The molecule has 1 aliphatic rings. The highest BCUT2D eigenvalue weighted by Crippen LogP contribution is 2.18. The van der Waals surface area contributed by atoms with E-state index in [-0.39, 0.29) is 0 Å². The first-order valence-corrected chi connectivity index (χ1v) is 7.17. The first-order valence-electron chi connectivity index (χ1n) is 6.80. The van der Waals surface area contributed by atoms with Crippen LogP contribution in [-0.2, 0) is 13.6 Å². The monoisotopic (exact) mass is 270 g/mol. The van der Waals surface area contributed by atoms with Crippen LogP contribution in [0.25, 0.3) is 0 Å². The Hall–Kier alpha value is -0.580. The largest absolute Gasteiger partial charge is 0.321 e. The highest BCUT2D eigenvalue weighted by molar-refractivity contribution is 6.29. The van der Waals surface area contributed by atoms with Crippen LogP contribution in [0.1, 0.15) is 25.6 Å². The van der Waals surface area contributed by atoms with Crippen LogP contribution in [0.15, 0.2) is 6.20 Å². The van der Waals surface area contributed by atoms with Gasteiger partial charge in [-0.15, -0.1) is 0 Å². The summed E-state index contributed by atoms with van der Waals surface area (Å²) >= 11 is 6.02. The summed E-state index contributed by atoms with van der Waals surface area (Å²) in [4.78, 5) is 6.86. The molecular formula is C13H23ClN4. The van der Waals surface area contributed by atoms with Crippen molar-refractivity contribution in [2.24, 2.45) is 13.0 Å². The zero-order valence-corrected chi connectivity index (χ0v) is 12.1. The molecule has 1 fully saturated rings. The van der Waals surface area contributed by atoms with Gasteiger partial charge in [-0.25, -0.2) is 4.98 Å². The van der Waals surface area contributed by atoms with Crippen LogP contribution in [0.2, 0.25) is 5.15 Å². The lowest BCUT2D eigenvalue weighted by Gasteiger charge is -2.32. The number of hydrogen-bond donors (Lipinski definition) is 1. The lowest BCUT2D eigenvalue weighted by atomic mass is 9.98. The molecule has 1 N–H and O–H groups in total. The second kappa shape index (κ2) is 6.55. The van der Waals surface area contributed by atoms with Crippen molar-refractivity contribution in [3.05, 3.63) is 17.2 Å². The fraction of sp³-hybridized carbons (Fsp3) is 0.769. The molecule has 102 valence electrons. The van der Waals surface area contributed by atoms with Crippen molar-refractivity contribution >= 4 is 11.6 Å². The molecule has 0 radical (unpaired) electrons. The third-order valence-electron chi connectivity index (χ3n) is 3.68. The Morgan fingerprint density at radius 1 is 1.56 bits per heavy atom. The van der Waals surface area contributed by atoms with Crippen LogP contribution in [0.4, 0.5) is 0 Å². The Kier molecular flexibility index (Phi) is 5.03. The highest BCUT2D eigenvalue weighted by Gasteiger charge is 2.20. The quantitative estimate of drug-likeness (QED) is 0.887. The Morgan fingerprint density at radius 3 is 3.06 bits per heavy atom. The molecule has 18 heavy (non-hydrogen) atoms. The first kappa shape index (κ1) is 13.8. The van der Waals surface area contributed by atoms with E-state index in [2.05, 4.69) is 22.1 Å². The van der Waals surface area contributed by atoms with Crippen molar-refractivity contribution in [1.29, 1.82) is 0 Å². The van der Waals surface area contributed by atoms with Gasteiger partial charge < -0.3 is 9.88 Å². The van der Waals surface area contributed by atoms with E-state index in [1.165, 1.54) is 19.4 Å². The minimum atomic E-state index is 0.714. The highest BCUT2D eigenvalue weighted by atomic mass is 35.5. The summed E-state index contributed by atoms with van der Waals surface area (Å²) in [6.07, 6.45) is 4.36. The second-order valence-corrected chi connectivity index (χ2v) is 5.49. The second-order valence-electron chi connectivity index (χ2n) is 5.11. The SMILES string of the molecule is CCNCC1CCCN(Cc2ncc(Cl)n2C)C1. The number of rotatable bonds is 5. The molecule has 1 atom stereocenters. The number of aromatic nitrogens is 2. The molecule has 0 aromatic carbocycles. The normalized spacial score (nSPS) is 21.4. The molecule has 1 aromatic rings. The molecule has 1 aliphatic heterocycles. The van der Waals surface area contributed by atoms with E-state index in [0.717, 1.165) is 37.9 Å². The van der Waals surface area contributed by atoms with Crippen molar-refractivity contribution in [2.45, 2.75) is 26.3 Å². The summed E-state index contributed by atoms with van der Waals surface area (Å²) in [6.45, 7) is 7.60. The van der Waals surface area contributed by atoms with Gasteiger partial charge in [0.05, 0.1) is 12.7 Å². The maximum Gasteiger partial charge on any atom is 0.128 e. The van der Waals surface area contributed by atoms with E-state index in [0.29, 0.717) is 5.15 Å². The van der Waals surface area contributed by atoms with Crippen LogP contribution in [-0.4, -0.2) is 40.6 Å². The van der Waals surface area contributed by atoms with E-state index < -0.39 is 0 Å². The maximum absolute atomic E-state index is 6.02. The molecule has 0 amide bonds. The predicted molar refractivity (Wildman–Crippen MR) is 74.8 cm³/mol. The predicted octanol–water partition coefficient (Wildman–Crippen LogP) is 1.89. The molecule has 5 heteroatoms. The van der Waals surface area contributed by atoms with E-state index in [9.17, 15) is 0 Å². The van der Waals surface area contributed by atoms with Crippen molar-refractivity contribution < 1.29 is 0 Å². The summed E-state index contributed by atoms with van der Waals surface area (Å²) in [5, 5.41) is 4.16. The fourth-order valence-electron chi connectivity index (χ4n) is 2.58. The van der Waals surface area contributed by atoms with Gasteiger partial charge in [0.25, 0.3) is 0 Å².